The van der Waals surface area contributed by atoms with Crippen LogP contribution in [0.2, 0.25) is 0 Å². The molecule has 3 aromatic rings. The smallest absolute Gasteiger partial charge is 0.228 e. The van der Waals surface area contributed by atoms with Crippen molar-refractivity contribution in [2.75, 3.05) is 7.11 Å². The molecule has 0 spiro atoms. The van der Waals surface area contributed by atoms with Gasteiger partial charge in [-0.1, -0.05) is 18.2 Å². The van der Waals surface area contributed by atoms with Crippen molar-refractivity contribution in [3.05, 3.63) is 64.9 Å². The maximum absolute atomic E-state index is 12.5. The second kappa shape index (κ2) is 5.09. The second-order valence-corrected chi connectivity index (χ2v) is 5.12. The van der Waals surface area contributed by atoms with Gasteiger partial charge in [-0.05, 0) is 49.2 Å². The minimum atomic E-state index is -0.114. The summed E-state index contributed by atoms with van der Waals surface area (Å²) in [5, 5.41) is 0.948. The van der Waals surface area contributed by atoms with Gasteiger partial charge in [0.2, 0.25) is 5.78 Å². The lowest BCUT2D eigenvalue weighted by Crippen LogP contribution is -2.00. The molecule has 0 bridgehead atoms. The Bertz CT molecular complexity index is 828. The van der Waals surface area contributed by atoms with Gasteiger partial charge in [0.05, 0.1) is 7.11 Å². The highest BCUT2D eigenvalue weighted by atomic mass is 16.5. The highest BCUT2D eigenvalue weighted by molar-refractivity contribution is 6.09. The first-order chi connectivity index (χ1) is 10.1. The molecule has 0 saturated carbocycles. The number of aryl methyl sites for hydroxylation is 2. The zero-order valence-electron chi connectivity index (χ0n) is 12.3. The number of hydrogen-bond acceptors (Lipinski definition) is 3. The minimum Gasteiger partial charge on any atom is -0.496 e. The number of carbonyl (C=O) groups excluding carboxylic acids is 1. The third kappa shape index (κ3) is 2.31. The molecule has 0 fully saturated rings. The Kier molecular flexibility index (Phi) is 3.26. The Morgan fingerprint density at radius 1 is 1.05 bits per heavy atom. The molecule has 1 aromatic heterocycles. The van der Waals surface area contributed by atoms with Gasteiger partial charge in [0.1, 0.15) is 11.3 Å². The Morgan fingerprint density at radius 2 is 1.86 bits per heavy atom. The SMILES string of the molecule is COc1ccc(C(=O)c2cc3cccc(C)c3o2)cc1C. The Morgan fingerprint density at radius 3 is 2.52 bits per heavy atom. The lowest BCUT2D eigenvalue weighted by molar-refractivity contribution is 0.101. The van der Waals surface area contributed by atoms with Gasteiger partial charge in [0.15, 0.2) is 5.76 Å². The fourth-order valence-corrected chi connectivity index (χ4v) is 2.48. The molecular weight excluding hydrogens is 264 g/mol. The zero-order valence-corrected chi connectivity index (χ0v) is 12.3. The molecule has 3 nitrogen and oxygen atoms in total. The van der Waals surface area contributed by atoms with Crippen molar-refractivity contribution in [1.82, 2.24) is 0 Å². The molecule has 0 aliphatic rings. The molecule has 2 aromatic carbocycles. The number of ether oxygens (including phenoxy) is 1. The van der Waals surface area contributed by atoms with Crippen LogP contribution < -0.4 is 4.74 Å². The summed E-state index contributed by atoms with van der Waals surface area (Å²) < 4.78 is 10.9. The molecule has 0 radical (unpaired) electrons. The first-order valence-corrected chi connectivity index (χ1v) is 6.78. The summed E-state index contributed by atoms with van der Waals surface area (Å²) >= 11 is 0. The number of hydrogen-bond donors (Lipinski definition) is 0. The molecule has 0 amide bonds. The van der Waals surface area contributed by atoms with Gasteiger partial charge in [-0.2, -0.15) is 0 Å². The van der Waals surface area contributed by atoms with E-state index in [1.54, 1.807) is 25.3 Å². The van der Waals surface area contributed by atoms with Crippen molar-refractivity contribution in [3.63, 3.8) is 0 Å². The molecule has 0 saturated heterocycles. The van der Waals surface area contributed by atoms with E-state index in [0.717, 1.165) is 27.8 Å². The van der Waals surface area contributed by atoms with Crippen LogP contribution in [0.5, 0.6) is 5.75 Å². The predicted octanol–water partition coefficient (Wildman–Crippen LogP) is 4.29. The van der Waals surface area contributed by atoms with Gasteiger partial charge < -0.3 is 9.15 Å². The van der Waals surface area contributed by atoms with Crippen LogP contribution in [0.4, 0.5) is 0 Å². The largest absolute Gasteiger partial charge is 0.496 e. The van der Waals surface area contributed by atoms with Gasteiger partial charge >= 0.3 is 0 Å². The van der Waals surface area contributed by atoms with E-state index in [1.165, 1.54) is 0 Å². The van der Waals surface area contributed by atoms with E-state index in [-0.39, 0.29) is 5.78 Å². The van der Waals surface area contributed by atoms with E-state index < -0.39 is 0 Å². The van der Waals surface area contributed by atoms with Crippen LogP contribution in [-0.2, 0) is 0 Å². The predicted molar refractivity (Wildman–Crippen MR) is 82.1 cm³/mol. The molecule has 3 rings (SSSR count). The monoisotopic (exact) mass is 280 g/mol. The number of carbonyl (C=O) groups is 1. The molecule has 1 heterocycles. The van der Waals surface area contributed by atoms with E-state index in [2.05, 4.69) is 0 Å². The standard InChI is InChI=1S/C18H16O3/c1-11-5-4-6-14-10-16(21-18(11)14)17(19)13-7-8-15(20-3)12(2)9-13/h4-10H,1-3H3. The molecule has 106 valence electrons. The van der Waals surface area contributed by atoms with Gasteiger partial charge in [0.25, 0.3) is 0 Å². The number of furan rings is 1. The molecule has 0 N–H and O–H groups in total. The van der Waals surface area contributed by atoms with Crippen molar-refractivity contribution in [3.8, 4) is 5.75 Å². The van der Waals surface area contributed by atoms with Crippen LogP contribution in [0.15, 0.2) is 46.9 Å². The molecule has 3 heteroatoms. The summed E-state index contributed by atoms with van der Waals surface area (Å²) in [4.78, 5) is 12.5. The Hall–Kier alpha value is -2.55. The van der Waals surface area contributed by atoms with Crippen LogP contribution in [0.3, 0.4) is 0 Å². The molecule has 0 atom stereocenters. The average Bonchev–Trinajstić information content (AvgIpc) is 2.92. The maximum atomic E-state index is 12.5. The number of benzene rings is 2. The van der Waals surface area contributed by atoms with Gasteiger partial charge in [-0.3, -0.25) is 4.79 Å². The normalized spacial score (nSPS) is 10.8. The third-order valence-electron chi connectivity index (χ3n) is 3.62. The Labute approximate surface area is 123 Å². The van der Waals surface area contributed by atoms with Crippen LogP contribution >= 0.6 is 0 Å². The highest BCUT2D eigenvalue weighted by Crippen LogP contribution is 2.26. The number of methoxy groups -OCH3 is 1. The van der Waals surface area contributed by atoms with Crippen LogP contribution in [0.25, 0.3) is 11.0 Å². The van der Waals surface area contributed by atoms with Crippen molar-refractivity contribution < 1.29 is 13.9 Å². The van der Waals surface area contributed by atoms with Gasteiger partial charge in [-0.15, -0.1) is 0 Å². The summed E-state index contributed by atoms with van der Waals surface area (Å²) in [6.07, 6.45) is 0. The second-order valence-electron chi connectivity index (χ2n) is 5.12. The van der Waals surface area contributed by atoms with Crippen molar-refractivity contribution in [2.45, 2.75) is 13.8 Å². The fraction of sp³-hybridized carbons (Fsp3) is 0.167. The Balaban J connectivity index is 2.04. The minimum absolute atomic E-state index is 0.114. The molecular formula is C18H16O3. The van der Waals surface area contributed by atoms with E-state index in [9.17, 15) is 4.79 Å². The van der Waals surface area contributed by atoms with E-state index >= 15 is 0 Å². The van der Waals surface area contributed by atoms with Gasteiger partial charge in [0, 0.05) is 10.9 Å². The first-order valence-electron chi connectivity index (χ1n) is 6.78. The van der Waals surface area contributed by atoms with Crippen LogP contribution in [-0.4, -0.2) is 12.9 Å². The van der Waals surface area contributed by atoms with Crippen LogP contribution in [0.1, 0.15) is 27.2 Å². The van der Waals surface area contributed by atoms with E-state index in [1.807, 2.05) is 38.1 Å². The lowest BCUT2D eigenvalue weighted by Gasteiger charge is -2.05. The molecule has 21 heavy (non-hydrogen) atoms. The average molecular weight is 280 g/mol. The number of rotatable bonds is 3. The summed E-state index contributed by atoms with van der Waals surface area (Å²) in [5.41, 5.74) is 3.32. The molecule has 0 unspecified atom stereocenters. The lowest BCUT2D eigenvalue weighted by atomic mass is 10.1. The molecule has 0 aliphatic carbocycles. The van der Waals surface area contributed by atoms with Crippen LogP contribution in [0, 0.1) is 13.8 Å². The molecule has 0 aliphatic heterocycles. The van der Waals surface area contributed by atoms with Crippen molar-refractivity contribution in [2.24, 2.45) is 0 Å². The van der Waals surface area contributed by atoms with E-state index in [0.29, 0.717) is 11.3 Å². The summed E-state index contributed by atoms with van der Waals surface area (Å²) in [6, 6.07) is 13.1. The summed E-state index contributed by atoms with van der Waals surface area (Å²) in [7, 11) is 1.62. The first kappa shape index (κ1) is 13.4. The topological polar surface area (TPSA) is 39.4 Å². The number of fused-ring (bicyclic) bond motifs is 1. The highest BCUT2D eigenvalue weighted by Gasteiger charge is 2.16. The summed E-state index contributed by atoms with van der Waals surface area (Å²) in [6.45, 7) is 3.88. The number of ketones is 1. The van der Waals surface area contributed by atoms with Crippen molar-refractivity contribution in [1.29, 1.82) is 0 Å². The summed E-state index contributed by atoms with van der Waals surface area (Å²) in [5.74, 6) is 1.02. The van der Waals surface area contributed by atoms with Crippen molar-refractivity contribution >= 4 is 16.8 Å². The quantitative estimate of drug-likeness (QED) is 0.672. The van der Waals surface area contributed by atoms with E-state index in [4.69, 9.17) is 9.15 Å². The number of para-hydroxylation sites is 1. The van der Waals surface area contributed by atoms with Gasteiger partial charge in [-0.25, -0.2) is 0 Å². The third-order valence-corrected chi connectivity index (χ3v) is 3.62. The zero-order chi connectivity index (χ0) is 15.0. The maximum Gasteiger partial charge on any atom is 0.228 e. The fourth-order valence-electron chi connectivity index (χ4n) is 2.48.